The lowest BCUT2D eigenvalue weighted by Crippen LogP contribution is -2.22. The maximum absolute atomic E-state index is 9.53. The molecule has 1 atom stereocenters. The zero-order valence-corrected chi connectivity index (χ0v) is 10.1. The molecule has 88 valence electrons. The van der Waals surface area contributed by atoms with Gasteiger partial charge in [0, 0.05) is 30.2 Å². The van der Waals surface area contributed by atoms with Crippen LogP contribution in [0.3, 0.4) is 0 Å². The summed E-state index contributed by atoms with van der Waals surface area (Å²) in [5.74, 6) is 1.66. The van der Waals surface area contributed by atoms with Crippen LogP contribution in [-0.2, 0) is 0 Å². The molecular weight excluding hydrogens is 234 g/mol. The van der Waals surface area contributed by atoms with Gasteiger partial charge in [0.05, 0.1) is 6.10 Å². The summed E-state index contributed by atoms with van der Waals surface area (Å²) in [4.78, 5) is 10.9. The molecule has 4 nitrogen and oxygen atoms in total. The van der Waals surface area contributed by atoms with Crippen LogP contribution in [0.5, 0.6) is 0 Å². The Hall–Kier alpha value is -1.46. The highest BCUT2D eigenvalue weighted by Gasteiger charge is 2.21. The standard InChI is InChI=1S/C12H13N3OS/c16-10-2-5-15(7-10)11-1-4-13-12(14-11)9-3-6-17-8-9/h1,3-4,6,8,10,16H,2,5,7H2/t10-/m1/s1. The van der Waals surface area contributed by atoms with Gasteiger partial charge in [0.2, 0.25) is 0 Å². The van der Waals surface area contributed by atoms with Crippen LogP contribution in [0.1, 0.15) is 6.42 Å². The van der Waals surface area contributed by atoms with E-state index in [1.54, 1.807) is 17.5 Å². The van der Waals surface area contributed by atoms with Crippen LogP contribution in [0.2, 0.25) is 0 Å². The molecular formula is C12H13N3OS. The third-order valence-electron chi connectivity index (χ3n) is 2.91. The largest absolute Gasteiger partial charge is 0.391 e. The molecule has 0 unspecified atom stereocenters. The summed E-state index contributed by atoms with van der Waals surface area (Å²) in [5.41, 5.74) is 1.05. The minimum absolute atomic E-state index is 0.227. The molecule has 1 aliphatic rings. The molecule has 0 radical (unpaired) electrons. The molecule has 3 rings (SSSR count). The van der Waals surface area contributed by atoms with Gasteiger partial charge >= 0.3 is 0 Å². The molecule has 0 aromatic carbocycles. The molecule has 0 saturated carbocycles. The fourth-order valence-corrected chi connectivity index (χ4v) is 2.64. The minimum Gasteiger partial charge on any atom is -0.391 e. The summed E-state index contributed by atoms with van der Waals surface area (Å²) in [5, 5.41) is 13.6. The molecule has 0 aliphatic carbocycles. The topological polar surface area (TPSA) is 49.2 Å². The van der Waals surface area contributed by atoms with Crippen LogP contribution < -0.4 is 4.90 Å². The van der Waals surface area contributed by atoms with Crippen molar-refractivity contribution >= 4 is 17.2 Å². The monoisotopic (exact) mass is 247 g/mol. The fourth-order valence-electron chi connectivity index (χ4n) is 2.01. The lowest BCUT2D eigenvalue weighted by Gasteiger charge is -2.16. The van der Waals surface area contributed by atoms with E-state index in [0.29, 0.717) is 6.54 Å². The fraction of sp³-hybridized carbons (Fsp3) is 0.333. The average molecular weight is 247 g/mol. The Balaban J connectivity index is 1.89. The Labute approximate surface area is 104 Å². The van der Waals surface area contributed by atoms with Crippen LogP contribution in [-0.4, -0.2) is 34.3 Å². The molecule has 0 amide bonds. The third kappa shape index (κ3) is 2.16. The molecule has 5 heteroatoms. The number of nitrogens with zero attached hydrogens (tertiary/aromatic N) is 3. The highest BCUT2D eigenvalue weighted by atomic mass is 32.1. The number of anilines is 1. The molecule has 0 spiro atoms. The number of hydrogen-bond donors (Lipinski definition) is 1. The normalized spacial score (nSPS) is 19.8. The van der Waals surface area contributed by atoms with Gasteiger partial charge in [-0.15, -0.1) is 0 Å². The van der Waals surface area contributed by atoms with Crippen LogP contribution in [0.15, 0.2) is 29.1 Å². The maximum atomic E-state index is 9.53. The Kier molecular flexibility index (Phi) is 2.78. The summed E-state index contributed by atoms with van der Waals surface area (Å²) in [6.45, 7) is 1.53. The van der Waals surface area contributed by atoms with Crippen molar-refractivity contribution in [1.29, 1.82) is 0 Å². The van der Waals surface area contributed by atoms with Crippen molar-refractivity contribution in [2.45, 2.75) is 12.5 Å². The molecule has 0 bridgehead atoms. The van der Waals surface area contributed by atoms with Crippen molar-refractivity contribution in [2.75, 3.05) is 18.0 Å². The lowest BCUT2D eigenvalue weighted by atomic mass is 10.3. The van der Waals surface area contributed by atoms with Gasteiger partial charge in [-0.1, -0.05) is 0 Å². The zero-order chi connectivity index (χ0) is 11.7. The van der Waals surface area contributed by atoms with E-state index in [2.05, 4.69) is 14.9 Å². The summed E-state index contributed by atoms with van der Waals surface area (Å²) in [6, 6.07) is 3.91. The Bertz CT molecular complexity index is 500. The number of aromatic nitrogens is 2. The lowest BCUT2D eigenvalue weighted by molar-refractivity contribution is 0.198. The predicted octanol–water partition coefficient (Wildman–Crippen LogP) is 1.78. The zero-order valence-electron chi connectivity index (χ0n) is 9.28. The van der Waals surface area contributed by atoms with E-state index in [-0.39, 0.29) is 6.10 Å². The minimum atomic E-state index is -0.227. The van der Waals surface area contributed by atoms with Crippen molar-refractivity contribution < 1.29 is 5.11 Å². The van der Waals surface area contributed by atoms with Gasteiger partial charge in [-0.2, -0.15) is 11.3 Å². The Morgan fingerprint density at radius 2 is 2.35 bits per heavy atom. The first-order chi connectivity index (χ1) is 8.33. The van der Waals surface area contributed by atoms with Gasteiger partial charge in [0.15, 0.2) is 5.82 Å². The van der Waals surface area contributed by atoms with E-state index in [4.69, 9.17) is 0 Å². The molecule has 1 saturated heterocycles. The Morgan fingerprint density at radius 3 is 3.06 bits per heavy atom. The highest BCUT2D eigenvalue weighted by Crippen LogP contribution is 2.22. The molecule has 1 aliphatic heterocycles. The van der Waals surface area contributed by atoms with E-state index < -0.39 is 0 Å². The average Bonchev–Trinajstić information content (AvgIpc) is 3.00. The maximum Gasteiger partial charge on any atom is 0.162 e. The van der Waals surface area contributed by atoms with Crippen molar-refractivity contribution in [2.24, 2.45) is 0 Å². The smallest absolute Gasteiger partial charge is 0.162 e. The SMILES string of the molecule is O[C@@H]1CCN(c2ccnc(-c3ccsc3)n2)C1. The molecule has 1 fully saturated rings. The summed E-state index contributed by atoms with van der Waals surface area (Å²) in [6.07, 6.45) is 2.37. The van der Waals surface area contributed by atoms with Gasteiger partial charge in [-0.3, -0.25) is 0 Å². The highest BCUT2D eigenvalue weighted by molar-refractivity contribution is 7.08. The second kappa shape index (κ2) is 4.43. The van der Waals surface area contributed by atoms with E-state index in [1.165, 1.54) is 0 Å². The van der Waals surface area contributed by atoms with Crippen LogP contribution >= 0.6 is 11.3 Å². The van der Waals surface area contributed by atoms with Crippen LogP contribution in [0.4, 0.5) is 5.82 Å². The van der Waals surface area contributed by atoms with Gasteiger partial charge in [0.25, 0.3) is 0 Å². The van der Waals surface area contributed by atoms with Crippen LogP contribution in [0, 0.1) is 0 Å². The van der Waals surface area contributed by atoms with Gasteiger partial charge < -0.3 is 10.0 Å². The summed E-state index contributed by atoms with van der Waals surface area (Å²) >= 11 is 1.64. The van der Waals surface area contributed by atoms with Crippen LogP contribution in [0.25, 0.3) is 11.4 Å². The van der Waals surface area contributed by atoms with Crippen molar-refractivity contribution in [3.05, 3.63) is 29.1 Å². The van der Waals surface area contributed by atoms with E-state index in [0.717, 1.165) is 30.2 Å². The number of β-amino-alcohol motifs (C(OH)–C–C–N with tert-alkyl or cyclic N) is 1. The quantitative estimate of drug-likeness (QED) is 0.878. The number of aliphatic hydroxyl groups excluding tert-OH is 1. The Morgan fingerprint density at radius 1 is 1.41 bits per heavy atom. The molecule has 3 heterocycles. The summed E-state index contributed by atoms with van der Waals surface area (Å²) < 4.78 is 0. The summed E-state index contributed by atoms with van der Waals surface area (Å²) in [7, 11) is 0. The first kappa shape index (κ1) is 10.7. The van der Waals surface area contributed by atoms with Gasteiger partial charge in [-0.05, 0) is 23.9 Å². The first-order valence-electron chi connectivity index (χ1n) is 5.61. The van der Waals surface area contributed by atoms with Gasteiger partial charge in [-0.25, -0.2) is 9.97 Å². The predicted molar refractivity (Wildman–Crippen MR) is 68.2 cm³/mol. The second-order valence-electron chi connectivity index (χ2n) is 4.14. The second-order valence-corrected chi connectivity index (χ2v) is 4.92. The number of hydrogen-bond acceptors (Lipinski definition) is 5. The number of thiophene rings is 1. The number of aliphatic hydroxyl groups is 1. The first-order valence-corrected chi connectivity index (χ1v) is 6.56. The molecule has 17 heavy (non-hydrogen) atoms. The van der Waals surface area contributed by atoms with E-state index >= 15 is 0 Å². The molecule has 2 aromatic heterocycles. The van der Waals surface area contributed by atoms with E-state index in [9.17, 15) is 5.11 Å². The van der Waals surface area contributed by atoms with E-state index in [1.807, 2.05) is 22.9 Å². The van der Waals surface area contributed by atoms with Crippen molar-refractivity contribution in [1.82, 2.24) is 9.97 Å². The van der Waals surface area contributed by atoms with Crippen molar-refractivity contribution in [3.63, 3.8) is 0 Å². The van der Waals surface area contributed by atoms with Crippen molar-refractivity contribution in [3.8, 4) is 11.4 Å². The molecule has 1 N–H and O–H groups in total. The number of rotatable bonds is 2. The third-order valence-corrected chi connectivity index (χ3v) is 3.59. The van der Waals surface area contributed by atoms with Gasteiger partial charge in [0.1, 0.15) is 5.82 Å². The molecule has 2 aromatic rings.